The average molecular weight is 426 g/mol. The van der Waals surface area contributed by atoms with Gasteiger partial charge in [-0.2, -0.15) is 0 Å². The van der Waals surface area contributed by atoms with Crippen LogP contribution in [0, 0.1) is 13.8 Å². The second-order valence-corrected chi connectivity index (χ2v) is 9.52. The predicted octanol–water partition coefficient (Wildman–Crippen LogP) is 5.08. The van der Waals surface area contributed by atoms with E-state index >= 15 is 0 Å². The van der Waals surface area contributed by atoms with E-state index in [9.17, 15) is 4.79 Å². The lowest BCUT2D eigenvalue weighted by Gasteiger charge is -2.34. The number of anilines is 1. The summed E-state index contributed by atoms with van der Waals surface area (Å²) in [7, 11) is 3.65. The van der Waals surface area contributed by atoms with E-state index < -0.39 is 0 Å². The number of hydrogen-bond acceptors (Lipinski definition) is 5. The summed E-state index contributed by atoms with van der Waals surface area (Å²) in [6.45, 7) is 9.25. The van der Waals surface area contributed by atoms with Gasteiger partial charge in [-0.05, 0) is 26.7 Å². The van der Waals surface area contributed by atoms with E-state index in [0.717, 1.165) is 63.4 Å². The van der Waals surface area contributed by atoms with Gasteiger partial charge >= 0.3 is 6.03 Å². The second kappa shape index (κ2) is 6.53. The number of carbonyl (C=O) groups excluding carboxylic acids is 1. The summed E-state index contributed by atoms with van der Waals surface area (Å²) in [5.74, 6) is 0.178. The summed E-state index contributed by atoms with van der Waals surface area (Å²) in [6, 6.07) is -0.0580. The molecule has 2 amide bonds. The van der Waals surface area contributed by atoms with Crippen LogP contribution in [0.2, 0.25) is 0 Å². The lowest BCUT2D eigenvalue weighted by Crippen LogP contribution is -2.42. The number of amides is 2. The summed E-state index contributed by atoms with van der Waals surface area (Å²) in [4.78, 5) is 26.0. The molecule has 2 aliphatic rings. The molecule has 150 valence electrons. The molecule has 5 rings (SSSR count). The van der Waals surface area contributed by atoms with Gasteiger partial charge in [-0.1, -0.05) is 6.58 Å². The smallest absolute Gasteiger partial charge is 0.328 e. The number of thiazole rings is 2. The molecular formula is C21H23N5OS2. The third-order valence-corrected chi connectivity index (χ3v) is 7.88. The summed E-state index contributed by atoms with van der Waals surface area (Å²) in [5.41, 5.74) is 7.05. The van der Waals surface area contributed by atoms with Crippen molar-refractivity contribution in [3.8, 4) is 10.7 Å². The zero-order valence-corrected chi connectivity index (χ0v) is 18.7. The summed E-state index contributed by atoms with van der Waals surface area (Å²) in [5, 5.41) is 6.29. The van der Waals surface area contributed by atoms with Gasteiger partial charge in [-0.15, -0.1) is 22.7 Å². The fraction of sp³-hybridized carbons (Fsp3) is 0.381. The SMILES string of the molecule is C=C1c2c(c3n(c2-c2nc(C)cs2)CCCC3c2nc(C)cs2)N(C)C(=O)N1C. The molecule has 0 radical (unpaired) electrons. The first-order valence-electron chi connectivity index (χ1n) is 9.70. The van der Waals surface area contributed by atoms with Gasteiger partial charge in [0.25, 0.3) is 0 Å². The molecule has 29 heavy (non-hydrogen) atoms. The van der Waals surface area contributed by atoms with Crippen LogP contribution in [0.3, 0.4) is 0 Å². The minimum atomic E-state index is -0.0580. The van der Waals surface area contributed by atoms with Crippen molar-refractivity contribution in [3.63, 3.8) is 0 Å². The Balaban J connectivity index is 1.84. The summed E-state index contributed by atoms with van der Waals surface area (Å²) in [6.07, 6.45) is 2.10. The van der Waals surface area contributed by atoms with Gasteiger partial charge in [-0.25, -0.2) is 14.8 Å². The Bertz CT molecular complexity index is 1150. The highest BCUT2D eigenvalue weighted by molar-refractivity contribution is 7.13. The van der Waals surface area contributed by atoms with Crippen LogP contribution >= 0.6 is 22.7 Å². The maximum absolute atomic E-state index is 12.9. The van der Waals surface area contributed by atoms with Crippen LogP contribution in [0.1, 0.15) is 46.4 Å². The van der Waals surface area contributed by atoms with Crippen LogP contribution in [-0.4, -0.2) is 39.6 Å². The fourth-order valence-corrected chi connectivity index (χ4v) is 6.26. The normalized spacial score (nSPS) is 19.0. The minimum Gasteiger partial charge on any atom is -0.339 e. The van der Waals surface area contributed by atoms with Crippen molar-refractivity contribution in [1.29, 1.82) is 0 Å². The molecule has 0 saturated carbocycles. The molecule has 0 saturated heterocycles. The van der Waals surface area contributed by atoms with Crippen molar-refractivity contribution in [2.45, 2.75) is 39.2 Å². The van der Waals surface area contributed by atoms with Crippen molar-refractivity contribution in [3.05, 3.63) is 45.0 Å². The summed E-state index contributed by atoms with van der Waals surface area (Å²) < 4.78 is 2.38. The highest BCUT2D eigenvalue weighted by atomic mass is 32.1. The molecule has 0 fully saturated rings. The number of fused-ring (bicyclic) bond motifs is 3. The monoisotopic (exact) mass is 425 g/mol. The first kappa shape index (κ1) is 18.6. The third-order valence-electron chi connectivity index (χ3n) is 5.84. The van der Waals surface area contributed by atoms with E-state index in [2.05, 4.69) is 21.9 Å². The van der Waals surface area contributed by atoms with Crippen LogP contribution in [0.4, 0.5) is 10.5 Å². The number of rotatable bonds is 2. The molecule has 3 aromatic rings. The Morgan fingerprint density at radius 1 is 1.10 bits per heavy atom. The molecule has 1 atom stereocenters. The molecule has 6 nitrogen and oxygen atoms in total. The van der Waals surface area contributed by atoms with Gasteiger partial charge in [0.1, 0.15) is 10.0 Å². The molecule has 0 bridgehead atoms. The zero-order chi connectivity index (χ0) is 20.4. The van der Waals surface area contributed by atoms with E-state index in [1.165, 1.54) is 5.69 Å². The number of aromatic nitrogens is 3. The topological polar surface area (TPSA) is 54.3 Å². The van der Waals surface area contributed by atoms with Crippen molar-refractivity contribution in [1.82, 2.24) is 19.4 Å². The predicted molar refractivity (Wildman–Crippen MR) is 119 cm³/mol. The quantitative estimate of drug-likeness (QED) is 0.575. The maximum Gasteiger partial charge on any atom is 0.328 e. The first-order valence-corrected chi connectivity index (χ1v) is 11.5. The van der Waals surface area contributed by atoms with E-state index in [4.69, 9.17) is 9.97 Å². The molecule has 2 aliphatic heterocycles. The molecule has 0 aliphatic carbocycles. The highest BCUT2D eigenvalue weighted by Gasteiger charge is 2.41. The van der Waals surface area contributed by atoms with Gasteiger partial charge in [0.2, 0.25) is 0 Å². The third kappa shape index (κ3) is 2.62. The van der Waals surface area contributed by atoms with E-state index in [-0.39, 0.29) is 11.9 Å². The van der Waals surface area contributed by atoms with Gasteiger partial charge in [0.15, 0.2) is 0 Å². The van der Waals surface area contributed by atoms with Gasteiger partial charge in [-0.3, -0.25) is 9.80 Å². The Labute approximate surface area is 178 Å². The van der Waals surface area contributed by atoms with E-state index in [1.54, 1.807) is 39.5 Å². The Morgan fingerprint density at radius 2 is 1.83 bits per heavy atom. The molecule has 5 heterocycles. The highest BCUT2D eigenvalue weighted by Crippen LogP contribution is 2.51. The van der Waals surface area contributed by atoms with Crippen LogP contribution in [0.15, 0.2) is 17.3 Å². The molecule has 0 aromatic carbocycles. The first-order chi connectivity index (χ1) is 13.9. The average Bonchev–Trinajstić information content (AvgIpc) is 3.41. The van der Waals surface area contributed by atoms with Crippen LogP contribution < -0.4 is 4.90 Å². The Hall–Kier alpha value is -2.45. The van der Waals surface area contributed by atoms with Gasteiger partial charge in [0.05, 0.1) is 28.6 Å². The minimum absolute atomic E-state index is 0.0580. The number of urea groups is 1. The molecule has 0 spiro atoms. The van der Waals surface area contributed by atoms with Crippen LogP contribution in [0.25, 0.3) is 16.4 Å². The second-order valence-electron chi connectivity index (χ2n) is 7.77. The number of hydrogen-bond donors (Lipinski definition) is 0. The van der Waals surface area contributed by atoms with Crippen molar-refractivity contribution in [2.75, 3.05) is 19.0 Å². The molecule has 1 unspecified atom stereocenters. The lowest BCUT2D eigenvalue weighted by atomic mass is 9.94. The van der Waals surface area contributed by atoms with Crippen molar-refractivity contribution in [2.24, 2.45) is 0 Å². The van der Waals surface area contributed by atoms with Crippen molar-refractivity contribution < 1.29 is 4.79 Å². The van der Waals surface area contributed by atoms with Crippen LogP contribution in [-0.2, 0) is 6.54 Å². The standard InChI is InChI=1S/C21H23N5OS2/c1-11-9-28-19(22-11)14-7-6-8-26-16(14)17-15(13(3)24(4)21(27)25(17)5)18(26)20-23-12(2)10-29-20/h9-10,14H,3,6-8H2,1-2,4-5H3. The Morgan fingerprint density at radius 3 is 2.48 bits per heavy atom. The van der Waals surface area contributed by atoms with E-state index in [1.807, 2.05) is 20.9 Å². The van der Waals surface area contributed by atoms with Gasteiger partial charge in [0, 0.05) is 48.5 Å². The number of nitrogens with zero attached hydrogens (tertiary/aromatic N) is 5. The number of carbonyl (C=O) groups is 1. The van der Waals surface area contributed by atoms with E-state index in [0.29, 0.717) is 0 Å². The number of aryl methyl sites for hydroxylation is 2. The fourth-order valence-electron chi connectivity index (χ4n) is 4.47. The zero-order valence-electron chi connectivity index (χ0n) is 17.0. The summed E-state index contributed by atoms with van der Waals surface area (Å²) >= 11 is 3.36. The lowest BCUT2D eigenvalue weighted by molar-refractivity contribution is 0.231. The molecule has 8 heteroatoms. The van der Waals surface area contributed by atoms with Crippen LogP contribution in [0.5, 0.6) is 0 Å². The molecular weight excluding hydrogens is 402 g/mol. The van der Waals surface area contributed by atoms with Gasteiger partial charge < -0.3 is 4.57 Å². The molecule has 3 aromatic heterocycles. The Kier molecular flexibility index (Phi) is 4.18. The maximum atomic E-state index is 12.9. The molecule has 0 N–H and O–H groups in total. The van der Waals surface area contributed by atoms with Crippen molar-refractivity contribution >= 4 is 40.1 Å². The largest absolute Gasteiger partial charge is 0.339 e.